The van der Waals surface area contributed by atoms with Crippen LogP contribution in [0, 0.1) is 0 Å². The summed E-state index contributed by atoms with van der Waals surface area (Å²) >= 11 is 1.16. The summed E-state index contributed by atoms with van der Waals surface area (Å²) < 4.78 is 45.2. The molecule has 0 bridgehead atoms. The Morgan fingerprint density at radius 3 is 2.47 bits per heavy atom. The molecule has 2 aliphatic rings. The molecule has 1 aliphatic carbocycles. The van der Waals surface area contributed by atoms with Gasteiger partial charge >= 0.3 is 6.09 Å². The molecule has 17 heteroatoms. The average molecular weight is 737 g/mol. The van der Waals surface area contributed by atoms with Crippen molar-refractivity contribution in [3.05, 3.63) is 71.4 Å². The molecule has 1 aliphatic heterocycles. The number of carbonyl (C=O) groups is 2. The van der Waals surface area contributed by atoms with Gasteiger partial charge in [-0.25, -0.2) is 37.5 Å². The maximum absolute atomic E-state index is 14.2. The van der Waals surface area contributed by atoms with Crippen LogP contribution in [0.5, 0.6) is 11.6 Å². The lowest BCUT2D eigenvalue weighted by atomic mass is 10.1. The Hall–Kier alpha value is -4.90. The lowest BCUT2D eigenvalue weighted by Crippen LogP contribution is -2.53. The number of piperazine rings is 1. The number of nitrogens with zero attached hydrogens (tertiary/aromatic N) is 8. The van der Waals surface area contributed by atoms with Gasteiger partial charge in [0.2, 0.25) is 21.9 Å². The number of rotatable bonds is 11. The molecule has 4 aromatic rings. The van der Waals surface area contributed by atoms with E-state index in [-0.39, 0.29) is 43.0 Å². The monoisotopic (exact) mass is 736 g/mol. The van der Waals surface area contributed by atoms with Gasteiger partial charge in [-0.05, 0) is 64.3 Å². The maximum atomic E-state index is 14.2. The number of hydrogen-bond donors (Lipinski definition) is 0. The lowest BCUT2D eigenvalue weighted by Gasteiger charge is -2.41. The highest BCUT2D eigenvalue weighted by molar-refractivity contribution is 7.93. The van der Waals surface area contributed by atoms with Gasteiger partial charge in [-0.2, -0.15) is 0 Å². The third-order valence-electron chi connectivity index (χ3n) is 8.11. The minimum atomic E-state index is -3.81. The third-order valence-corrected chi connectivity index (χ3v) is 11.3. The summed E-state index contributed by atoms with van der Waals surface area (Å²) in [6.45, 7) is 8.02. The Morgan fingerprint density at radius 1 is 1.02 bits per heavy atom. The molecule has 0 spiro atoms. The van der Waals surface area contributed by atoms with Crippen LogP contribution in [0.4, 0.5) is 10.7 Å². The van der Waals surface area contributed by atoms with E-state index in [0.29, 0.717) is 47.3 Å². The van der Waals surface area contributed by atoms with Crippen molar-refractivity contribution in [2.75, 3.05) is 37.7 Å². The average Bonchev–Trinajstić information content (AvgIpc) is 3.87. The van der Waals surface area contributed by atoms with Crippen LogP contribution in [-0.2, 0) is 21.3 Å². The van der Waals surface area contributed by atoms with Gasteiger partial charge in [-0.3, -0.25) is 9.78 Å². The summed E-state index contributed by atoms with van der Waals surface area (Å²) in [4.78, 5) is 53.4. The summed E-state index contributed by atoms with van der Waals surface area (Å²) in [5, 5.41) is -0.326. The molecule has 0 N–H and O–H groups in total. The number of ether oxygens (including phenoxy) is 3. The molecule has 1 saturated carbocycles. The molecule has 6 rings (SSSR count). The first-order valence-corrected chi connectivity index (χ1v) is 18.9. The molecule has 0 radical (unpaired) electrons. The smallest absolute Gasteiger partial charge is 0.410 e. The molecule has 3 aromatic heterocycles. The maximum Gasteiger partial charge on any atom is 0.410 e. The van der Waals surface area contributed by atoms with Crippen molar-refractivity contribution in [3.8, 4) is 22.2 Å². The van der Waals surface area contributed by atoms with E-state index in [1.165, 1.54) is 21.6 Å². The highest BCUT2D eigenvalue weighted by atomic mass is 32.2. The van der Waals surface area contributed by atoms with Gasteiger partial charge in [0.25, 0.3) is 5.91 Å². The van der Waals surface area contributed by atoms with E-state index in [0.717, 1.165) is 16.9 Å². The zero-order valence-electron chi connectivity index (χ0n) is 29.1. The first-order valence-electron chi connectivity index (χ1n) is 16.5. The van der Waals surface area contributed by atoms with E-state index in [1.807, 2.05) is 6.92 Å². The highest BCUT2D eigenvalue weighted by Crippen LogP contribution is 2.35. The second kappa shape index (κ2) is 14.8. The Morgan fingerprint density at radius 2 is 1.78 bits per heavy atom. The van der Waals surface area contributed by atoms with Crippen molar-refractivity contribution in [2.24, 2.45) is 0 Å². The van der Waals surface area contributed by atoms with Crippen molar-refractivity contribution in [2.45, 2.75) is 64.0 Å². The fourth-order valence-electron chi connectivity index (χ4n) is 5.45. The zero-order chi connectivity index (χ0) is 36.3. The number of carbonyl (C=O) groups excluding carboxylic acids is 2. The lowest BCUT2D eigenvalue weighted by molar-refractivity contribution is 0.00365. The fraction of sp³-hybridized carbons (Fsp3) is 0.441. The summed E-state index contributed by atoms with van der Waals surface area (Å²) in [6.07, 6.45) is 6.69. The Balaban J connectivity index is 1.34. The third kappa shape index (κ3) is 8.36. The fourth-order valence-corrected chi connectivity index (χ4v) is 8.02. The SMILES string of the molecule is CCOc1cncc(-c2cnc(C(=O)N3CCN(C(=O)OC(C)(C)C)CC3c3ccnc(N(Cc4ccc(OC)cc4)S(=O)(=O)C4CC4)n3)s2)n1. The topological polar surface area (TPSA) is 170 Å². The van der Waals surface area contributed by atoms with Gasteiger partial charge in [-0.15, -0.1) is 11.3 Å². The van der Waals surface area contributed by atoms with Gasteiger partial charge in [0.15, 0.2) is 5.01 Å². The Labute approximate surface area is 300 Å². The second-order valence-electron chi connectivity index (χ2n) is 13.0. The molecular weight excluding hydrogens is 697 g/mol. The van der Waals surface area contributed by atoms with Crippen molar-refractivity contribution in [1.29, 1.82) is 0 Å². The van der Waals surface area contributed by atoms with E-state index in [4.69, 9.17) is 19.2 Å². The second-order valence-corrected chi connectivity index (χ2v) is 16.2. The van der Waals surface area contributed by atoms with E-state index in [2.05, 4.69) is 19.9 Å². The van der Waals surface area contributed by atoms with Gasteiger partial charge in [0, 0.05) is 25.5 Å². The molecule has 4 heterocycles. The van der Waals surface area contributed by atoms with Crippen LogP contribution in [0.3, 0.4) is 0 Å². The van der Waals surface area contributed by atoms with Crippen molar-refractivity contribution in [3.63, 3.8) is 0 Å². The number of sulfonamides is 1. The minimum absolute atomic E-state index is 0.00108. The van der Waals surface area contributed by atoms with Crippen LogP contribution < -0.4 is 13.8 Å². The van der Waals surface area contributed by atoms with E-state index in [1.54, 1.807) is 75.5 Å². The normalized spacial score (nSPS) is 16.5. The Kier molecular flexibility index (Phi) is 10.4. The minimum Gasteiger partial charge on any atom is -0.497 e. The van der Waals surface area contributed by atoms with Crippen LogP contribution in [-0.4, -0.2) is 99.3 Å². The summed E-state index contributed by atoms with van der Waals surface area (Å²) in [5.41, 5.74) is 0.855. The van der Waals surface area contributed by atoms with E-state index in [9.17, 15) is 18.0 Å². The van der Waals surface area contributed by atoms with Crippen LogP contribution in [0.25, 0.3) is 10.6 Å². The van der Waals surface area contributed by atoms with Crippen LogP contribution >= 0.6 is 11.3 Å². The number of aromatic nitrogens is 5. The Bertz CT molecular complexity index is 1980. The van der Waals surface area contributed by atoms with Crippen LogP contribution in [0.2, 0.25) is 0 Å². The molecule has 270 valence electrons. The summed E-state index contributed by atoms with van der Waals surface area (Å²) in [5.74, 6) is 0.597. The van der Waals surface area contributed by atoms with Gasteiger partial charge in [0.1, 0.15) is 17.0 Å². The first kappa shape index (κ1) is 35.9. The predicted molar refractivity (Wildman–Crippen MR) is 189 cm³/mol. The van der Waals surface area contributed by atoms with Crippen molar-refractivity contribution < 1.29 is 32.2 Å². The van der Waals surface area contributed by atoms with Crippen LogP contribution in [0.1, 0.15) is 67.6 Å². The molecule has 1 unspecified atom stereocenters. The van der Waals surface area contributed by atoms with E-state index < -0.39 is 33.0 Å². The first-order chi connectivity index (χ1) is 24.4. The predicted octanol–water partition coefficient (Wildman–Crippen LogP) is 4.73. The van der Waals surface area contributed by atoms with Gasteiger partial charge in [-0.1, -0.05) is 12.1 Å². The molecule has 1 atom stereocenters. The molecule has 1 aromatic carbocycles. The molecular formula is C34H40N8O7S2. The standard InChI is InChI=1S/C34H40N8O7S2/c1-6-48-29-19-35-17-26(38-29)28-18-37-30(50-28)31(43)41-16-15-40(33(44)49-34(2,3)4)21-27(41)25-13-14-36-32(39-25)42(51(45,46)24-11-12-24)20-22-7-9-23(47-5)10-8-22/h7-10,13-14,17-19,24,27H,6,11-12,15-16,20-21H2,1-5H3. The highest BCUT2D eigenvalue weighted by Gasteiger charge is 2.42. The number of amides is 2. The molecule has 51 heavy (non-hydrogen) atoms. The van der Waals surface area contributed by atoms with E-state index >= 15 is 0 Å². The van der Waals surface area contributed by atoms with Crippen LogP contribution in [0.15, 0.2) is 55.1 Å². The zero-order valence-corrected chi connectivity index (χ0v) is 30.7. The summed E-state index contributed by atoms with van der Waals surface area (Å²) in [6, 6.07) is 7.96. The summed E-state index contributed by atoms with van der Waals surface area (Å²) in [7, 11) is -2.25. The molecule has 1 saturated heterocycles. The quantitative estimate of drug-likeness (QED) is 0.208. The van der Waals surface area contributed by atoms with Crippen molar-refractivity contribution >= 4 is 39.3 Å². The van der Waals surface area contributed by atoms with Gasteiger partial charge in [0.05, 0.1) is 61.1 Å². The number of hydrogen-bond acceptors (Lipinski definition) is 13. The number of methoxy groups -OCH3 is 1. The molecule has 2 amide bonds. The molecule has 2 fully saturated rings. The number of anilines is 1. The van der Waals surface area contributed by atoms with Gasteiger partial charge < -0.3 is 24.0 Å². The largest absolute Gasteiger partial charge is 0.497 e. The number of thiazole rings is 1. The number of benzene rings is 1. The van der Waals surface area contributed by atoms with Crippen molar-refractivity contribution in [1.82, 2.24) is 34.7 Å². The molecule has 15 nitrogen and oxygen atoms in total.